The number of halogens is 1. The van der Waals surface area contributed by atoms with Crippen LogP contribution < -0.4 is 0 Å². The standard InChI is InChI=1S/C17H14IN3/c1-10(2)16-19-20-17-13-6-4-3-5-12(13)14-9-11(18)7-8-15(14)21(16)17/h3-10H,1-2H3. The second-order valence-corrected chi connectivity index (χ2v) is 6.82. The second-order valence-electron chi connectivity index (χ2n) is 5.58. The summed E-state index contributed by atoms with van der Waals surface area (Å²) in [5, 5.41) is 12.5. The third kappa shape index (κ3) is 1.85. The molecule has 0 amide bonds. The number of fused-ring (bicyclic) bond motifs is 6. The van der Waals surface area contributed by atoms with Crippen molar-refractivity contribution >= 4 is 49.9 Å². The monoisotopic (exact) mass is 387 g/mol. The molecule has 2 aromatic carbocycles. The first kappa shape index (κ1) is 13.0. The van der Waals surface area contributed by atoms with Gasteiger partial charge in [-0.1, -0.05) is 38.1 Å². The Morgan fingerprint density at radius 1 is 0.952 bits per heavy atom. The third-order valence-electron chi connectivity index (χ3n) is 3.86. The molecule has 0 saturated carbocycles. The van der Waals surface area contributed by atoms with Gasteiger partial charge in [-0.15, -0.1) is 10.2 Å². The van der Waals surface area contributed by atoms with E-state index in [1.165, 1.54) is 19.9 Å². The first-order chi connectivity index (χ1) is 10.2. The fourth-order valence-electron chi connectivity index (χ4n) is 2.91. The van der Waals surface area contributed by atoms with Crippen LogP contribution in [0.1, 0.15) is 25.6 Å². The predicted octanol–water partition coefficient (Wildman–Crippen LogP) is 4.76. The Hall–Kier alpha value is -1.69. The number of pyridine rings is 1. The van der Waals surface area contributed by atoms with E-state index in [1.807, 2.05) is 0 Å². The van der Waals surface area contributed by atoms with E-state index < -0.39 is 0 Å². The van der Waals surface area contributed by atoms with Crippen molar-refractivity contribution in [2.75, 3.05) is 0 Å². The molecule has 21 heavy (non-hydrogen) atoms. The molecule has 0 spiro atoms. The van der Waals surface area contributed by atoms with Gasteiger partial charge < -0.3 is 0 Å². The summed E-state index contributed by atoms with van der Waals surface area (Å²) in [5.41, 5.74) is 2.13. The van der Waals surface area contributed by atoms with Crippen LogP contribution >= 0.6 is 22.6 Å². The van der Waals surface area contributed by atoms with E-state index in [0.29, 0.717) is 5.92 Å². The van der Waals surface area contributed by atoms with Crippen molar-refractivity contribution in [3.63, 3.8) is 0 Å². The molecule has 0 atom stereocenters. The molecule has 0 aliphatic heterocycles. The van der Waals surface area contributed by atoms with Gasteiger partial charge in [0.05, 0.1) is 5.52 Å². The molecule has 3 nitrogen and oxygen atoms in total. The molecule has 4 heteroatoms. The zero-order chi connectivity index (χ0) is 14.6. The predicted molar refractivity (Wildman–Crippen MR) is 94.8 cm³/mol. The molecule has 0 aliphatic rings. The minimum Gasteiger partial charge on any atom is -0.278 e. The number of hydrogen-bond acceptors (Lipinski definition) is 2. The van der Waals surface area contributed by atoms with Crippen LogP contribution in [-0.2, 0) is 0 Å². The van der Waals surface area contributed by atoms with Crippen molar-refractivity contribution in [3.05, 3.63) is 51.9 Å². The van der Waals surface area contributed by atoms with Gasteiger partial charge in [0.1, 0.15) is 5.82 Å². The van der Waals surface area contributed by atoms with Gasteiger partial charge >= 0.3 is 0 Å². The second kappa shape index (κ2) is 4.66. The van der Waals surface area contributed by atoms with Crippen LogP contribution in [0.2, 0.25) is 0 Å². The van der Waals surface area contributed by atoms with Crippen molar-refractivity contribution in [1.82, 2.24) is 14.6 Å². The average Bonchev–Trinajstić information content (AvgIpc) is 2.92. The van der Waals surface area contributed by atoms with Gasteiger partial charge in [0.2, 0.25) is 0 Å². The van der Waals surface area contributed by atoms with Crippen molar-refractivity contribution in [1.29, 1.82) is 0 Å². The van der Waals surface area contributed by atoms with Gasteiger partial charge in [0, 0.05) is 20.3 Å². The summed E-state index contributed by atoms with van der Waals surface area (Å²) >= 11 is 2.36. The number of benzene rings is 2. The lowest BCUT2D eigenvalue weighted by atomic mass is 10.1. The molecule has 2 aromatic heterocycles. The van der Waals surface area contributed by atoms with Crippen molar-refractivity contribution < 1.29 is 0 Å². The summed E-state index contributed by atoms with van der Waals surface area (Å²) in [6.45, 7) is 4.31. The number of nitrogens with zero attached hydrogens (tertiary/aromatic N) is 3. The molecule has 104 valence electrons. The van der Waals surface area contributed by atoms with Gasteiger partial charge in [-0.05, 0) is 46.2 Å². The van der Waals surface area contributed by atoms with Crippen LogP contribution in [0.3, 0.4) is 0 Å². The highest BCUT2D eigenvalue weighted by Crippen LogP contribution is 2.31. The number of hydrogen-bond donors (Lipinski definition) is 0. The lowest BCUT2D eigenvalue weighted by Gasteiger charge is -2.11. The van der Waals surface area contributed by atoms with Crippen LogP contribution in [0.5, 0.6) is 0 Å². The third-order valence-corrected chi connectivity index (χ3v) is 4.53. The van der Waals surface area contributed by atoms with Crippen molar-refractivity contribution in [2.45, 2.75) is 19.8 Å². The van der Waals surface area contributed by atoms with Crippen LogP contribution in [0.15, 0.2) is 42.5 Å². The first-order valence-electron chi connectivity index (χ1n) is 7.02. The minimum absolute atomic E-state index is 0.337. The van der Waals surface area contributed by atoms with Crippen molar-refractivity contribution in [2.24, 2.45) is 0 Å². The maximum atomic E-state index is 4.45. The summed E-state index contributed by atoms with van der Waals surface area (Å²) in [6.07, 6.45) is 0. The largest absolute Gasteiger partial charge is 0.278 e. The van der Waals surface area contributed by atoms with Crippen LogP contribution in [0.25, 0.3) is 27.3 Å². The maximum absolute atomic E-state index is 4.45. The molecular weight excluding hydrogens is 373 g/mol. The Kier molecular flexibility index (Phi) is 2.89. The molecule has 0 radical (unpaired) electrons. The molecule has 4 rings (SSSR count). The van der Waals surface area contributed by atoms with Gasteiger partial charge in [-0.2, -0.15) is 0 Å². The van der Waals surface area contributed by atoms with E-state index in [2.05, 4.69) is 93.5 Å². The highest BCUT2D eigenvalue weighted by Gasteiger charge is 2.16. The van der Waals surface area contributed by atoms with Crippen molar-refractivity contribution in [3.8, 4) is 0 Å². The molecule has 0 bridgehead atoms. The quantitative estimate of drug-likeness (QED) is 0.348. The van der Waals surface area contributed by atoms with Crippen LogP contribution in [0, 0.1) is 3.57 Å². The molecule has 0 unspecified atom stereocenters. The smallest absolute Gasteiger partial charge is 0.169 e. The van der Waals surface area contributed by atoms with Gasteiger partial charge in [-0.25, -0.2) is 0 Å². The molecule has 0 aliphatic carbocycles. The lowest BCUT2D eigenvalue weighted by Crippen LogP contribution is -1.99. The molecule has 4 aromatic rings. The normalized spacial score (nSPS) is 12.0. The Morgan fingerprint density at radius 3 is 2.48 bits per heavy atom. The van der Waals surface area contributed by atoms with E-state index in [4.69, 9.17) is 0 Å². The van der Waals surface area contributed by atoms with E-state index in [9.17, 15) is 0 Å². The SMILES string of the molecule is CC(C)c1nnc2c3ccccc3c3cc(I)ccc3n12. The zero-order valence-corrected chi connectivity index (χ0v) is 14.0. The van der Waals surface area contributed by atoms with Crippen LogP contribution in [0.4, 0.5) is 0 Å². The highest BCUT2D eigenvalue weighted by atomic mass is 127. The van der Waals surface area contributed by atoms with Gasteiger partial charge in [-0.3, -0.25) is 4.40 Å². The number of aromatic nitrogens is 3. The van der Waals surface area contributed by atoms with Crippen LogP contribution in [-0.4, -0.2) is 14.6 Å². The molecule has 0 fully saturated rings. The summed E-state index contributed by atoms with van der Waals surface area (Å²) in [6, 6.07) is 15.0. The average molecular weight is 387 g/mol. The lowest BCUT2D eigenvalue weighted by molar-refractivity contribution is 0.766. The van der Waals surface area contributed by atoms with Gasteiger partial charge in [0.15, 0.2) is 5.65 Å². The summed E-state index contributed by atoms with van der Waals surface area (Å²) in [7, 11) is 0. The Bertz CT molecular complexity index is 986. The Labute approximate surface area is 136 Å². The topological polar surface area (TPSA) is 30.2 Å². The zero-order valence-electron chi connectivity index (χ0n) is 11.8. The Balaban J connectivity index is 2.36. The maximum Gasteiger partial charge on any atom is 0.169 e. The fourth-order valence-corrected chi connectivity index (χ4v) is 3.41. The summed E-state index contributed by atoms with van der Waals surface area (Å²) in [5.74, 6) is 1.35. The molecule has 0 N–H and O–H groups in total. The van der Waals surface area contributed by atoms with E-state index in [0.717, 1.165) is 16.9 Å². The first-order valence-corrected chi connectivity index (χ1v) is 8.09. The van der Waals surface area contributed by atoms with E-state index in [1.54, 1.807) is 0 Å². The summed E-state index contributed by atoms with van der Waals surface area (Å²) < 4.78 is 3.45. The molecular formula is C17H14IN3. The fraction of sp³-hybridized carbons (Fsp3) is 0.176. The Morgan fingerprint density at radius 2 is 1.71 bits per heavy atom. The molecule has 0 saturated heterocycles. The van der Waals surface area contributed by atoms with E-state index >= 15 is 0 Å². The number of rotatable bonds is 1. The van der Waals surface area contributed by atoms with Gasteiger partial charge in [0.25, 0.3) is 0 Å². The molecule has 2 heterocycles. The summed E-state index contributed by atoms with van der Waals surface area (Å²) in [4.78, 5) is 0. The minimum atomic E-state index is 0.337. The van der Waals surface area contributed by atoms with E-state index in [-0.39, 0.29) is 0 Å². The highest BCUT2D eigenvalue weighted by molar-refractivity contribution is 14.1.